The number of aliphatic imine (C=N–C) groups is 1. The van der Waals surface area contributed by atoms with Crippen molar-refractivity contribution in [3.63, 3.8) is 0 Å². The topological polar surface area (TPSA) is 47.9 Å². The van der Waals surface area contributed by atoms with E-state index in [1.165, 1.54) is 0 Å². The van der Waals surface area contributed by atoms with Gasteiger partial charge in [-0.2, -0.15) is 0 Å². The van der Waals surface area contributed by atoms with Gasteiger partial charge in [-0.25, -0.2) is 4.99 Å². The summed E-state index contributed by atoms with van der Waals surface area (Å²) in [5.41, 5.74) is 3.75. The molecule has 6 heteroatoms. The van der Waals surface area contributed by atoms with Crippen molar-refractivity contribution in [3.8, 4) is 0 Å². The number of nitrogens with zero attached hydrogens (tertiary/aromatic N) is 1. The van der Waals surface area contributed by atoms with Crippen molar-refractivity contribution >= 4 is 25.0 Å². The molecule has 0 fully saturated rings. The predicted molar refractivity (Wildman–Crippen MR) is 141 cm³/mol. The van der Waals surface area contributed by atoms with E-state index in [-0.39, 0.29) is 17.9 Å². The maximum Gasteiger partial charge on any atom is 0.200 e. The average molecular weight is 486 g/mol. The molecule has 0 N–H and O–H groups in total. The third kappa shape index (κ3) is 5.84. The molecule has 2 aromatic carbocycles. The first-order valence-corrected chi connectivity index (χ1v) is 15.5. The van der Waals surface area contributed by atoms with E-state index in [9.17, 15) is 4.21 Å². The maximum absolute atomic E-state index is 13.0. The summed E-state index contributed by atoms with van der Waals surface area (Å²) in [6, 6.07) is 17.9. The van der Waals surface area contributed by atoms with Crippen molar-refractivity contribution in [1.82, 2.24) is 0 Å². The van der Waals surface area contributed by atoms with E-state index in [0.717, 1.165) is 16.0 Å². The smallest absolute Gasteiger partial charge is 0.200 e. The normalized spacial score (nSPS) is 19.8. The molecule has 3 rings (SSSR count). The minimum Gasteiger partial charge on any atom is -0.470 e. The Bertz CT molecular complexity index is 935. The van der Waals surface area contributed by atoms with Crippen LogP contribution < -0.4 is 0 Å². The zero-order valence-electron chi connectivity index (χ0n) is 21.1. The molecule has 0 radical (unpaired) electrons. The van der Waals surface area contributed by atoms with Gasteiger partial charge in [0.05, 0.1) is 17.4 Å². The molecule has 1 aliphatic heterocycles. The highest BCUT2D eigenvalue weighted by Gasteiger charge is 2.46. The number of hydrogen-bond acceptors (Lipinski definition) is 4. The molecule has 180 valence electrons. The fourth-order valence-electron chi connectivity index (χ4n) is 5.25. The second-order valence-electron chi connectivity index (χ2n) is 9.97. The second-order valence-corrected chi connectivity index (χ2v) is 16.9. The van der Waals surface area contributed by atoms with Crippen LogP contribution in [-0.2, 0) is 20.0 Å². The number of benzene rings is 2. The highest BCUT2D eigenvalue weighted by Crippen LogP contribution is 2.43. The van der Waals surface area contributed by atoms with Gasteiger partial charge < -0.3 is 9.16 Å². The van der Waals surface area contributed by atoms with Crippen molar-refractivity contribution in [3.05, 3.63) is 65.7 Å². The SMILES string of the molecule is Cc1ccc([S@@](=O)CC2=N[C@@H](CO[Si](C(C)C)(C(C)C)C(C)C)[C@H](c3ccccc3)O2)cc1. The maximum atomic E-state index is 13.0. The zero-order chi connectivity index (χ0) is 24.2. The summed E-state index contributed by atoms with van der Waals surface area (Å²) in [7, 11) is -3.22. The lowest BCUT2D eigenvalue weighted by Gasteiger charge is -2.42. The molecule has 0 saturated carbocycles. The molecule has 0 saturated heterocycles. The second kappa shape index (κ2) is 11.1. The first-order valence-electron chi connectivity index (χ1n) is 12.0. The lowest BCUT2D eigenvalue weighted by atomic mass is 10.0. The Morgan fingerprint density at radius 1 is 0.939 bits per heavy atom. The van der Waals surface area contributed by atoms with Crippen LogP contribution in [0.3, 0.4) is 0 Å². The molecule has 0 aromatic heterocycles. The minimum absolute atomic E-state index is 0.138. The monoisotopic (exact) mass is 485 g/mol. The van der Waals surface area contributed by atoms with Crippen LogP contribution in [0.4, 0.5) is 0 Å². The van der Waals surface area contributed by atoms with Gasteiger partial charge in [0.15, 0.2) is 14.2 Å². The first kappa shape index (κ1) is 25.9. The van der Waals surface area contributed by atoms with Gasteiger partial charge in [0, 0.05) is 4.90 Å². The van der Waals surface area contributed by atoms with E-state index in [1.54, 1.807) is 0 Å². The quantitative estimate of drug-likeness (QED) is 0.346. The lowest BCUT2D eigenvalue weighted by molar-refractivity contribution is 0.151. The summed E-state index contributed by atoms with van der Waals surface area (Å²) in [5, 5.41) is 0. The van der Waals surface area contributed by atoms with Crippen molar-refractivity contribution in [2.24, 2.45) is 4.99 Å². The Balaban J connectivity index is 1.83. The average Bonchev–Trinajstić information content (AvgIpc) is 3.17. The summed E-state index contributed by atoms with van der Waals surface area (Å²) in [6.07, 6.45) is -0.214. The van der Waals surface area contributed by atoms with Crippen LogP contribution in [0.1, 0.15) is 58.8 Å². The highest BCUT2D eigenvalue weighted by molar-refractivity contribution is 7.85. The Labute approximate surface area is 203 Å². The van der Waals surface area contributed by atoms with E-state index in [4.69, 9.17) is 14.2 Å². The van der Waals surface area contributed by atoms with Gasteiger partial charge in [-0.05, 0) is 41.2 Å². The summed E-state index contributed by atoms with van der Waals surface area (Å²) >= 11 is 0. The summed E-state index contributed by atoms with van der Waals surface area (Å²) in [4.78, 5) is 5.71. The lowest BCUT2D eigenvalue weighted by Crippen LogP contribution is -2.49. The van der Waals surface area contributed by atoms with Crippen LogP contribution >= 0.6 is 0 Å². The van der Waals surface area contributed by atoms with E-state index >= 15 is 0 Å². The molecule has 0 unspecified atom stereocenters. The fraction of sp³-hybridized carbons (Fsp3) is 0.519. The number of aryl methyl sites for hydroxylation is 1. The Hall–Kier alpha value is -1.76. The molecule has 0 aliphatic carbocycles. The third-order valence-electron chi connectivity index (χ3n) is 6.80. The third-order valence-corrected chi connectivity index (χ3v) is 14.2. The van der Waals surface area contributed by atoms with Crippen molar-refractivity contribution in [2.75, 3.05) is 12.4 Å². The molecule has 0 amide bonds. The van der Waals surface area contributed by atoms with E-state index in [1.807, 2.05) is 49.4 Å². The van der Waals surface area contributed by atoms with E-state index in [0.29, 0.717) is 29.1 Å². The zero-order valence-corrected chi connectivity index (χ0v) is 22.9. The molecule has 33 heavy (non-hydrogen) atoms. The van der Waals surface area contributed by atoms with Gasteiger partial charge in [0.1, 0.15) is 17.9 Å². The van der Waals surface area contributed by atoms with Gasteiger partial charge in [-0.1, -0.05) is 89.6 Å². The van der Waals surface area contributed by atoms with Gasteiger partial charge >= 0.3 is 0 Å². The number of hydrogen-bond donors (Lipinski definition) is 0. The Morgan fingerprint density at radius 3 is 2.06 bits per heavy atom. The van der Waals surface area contributed by atoms with Gasteiger partial charge in [0.2, 0.25) is 0 Å². The summed E-state index contributed by atoms with van der Waals surface area (Å²) in [6.45, 7) is 16.3. The molecule has 0 bridgehead atoms. The van der Waals surface area contributed by atoms with E-state index < -0.39 is 19.1 Å². The van der Waals surface area contributed by atoms with Crippen molar-refractivity contribution < 1.29 is 13.4 Å². The highest BCUT2D eigenvalue weighted by atomic mass is 32.2. The molecule has 1 heterocycles. The molecule has 3 atom stereocenters. The standard InChI is InChI=1S/C27H39NO3SSi/c1-19(2)33(20(3)4,21(5)6)30-17-25-27(23-11-9-8-10-12-23)31-26(28-25)18-32(29)24-15-13-22(7)14-16-24/h8-16,19-21,25,27H,17-18H2,1-7H3/t25-,27-,32-/m0/s1. The number of ether oxygens (including phenoxy) is 1. The Morgan fingerprint density at radius 2 is 1.52 bits per heavy atom. The largest absolute Gasteiger partial charge is 0.470 e. The van der Waals surface area contributed by atoms with Crippen molar-refractivity contribution in [2.45, 2.75) is 82.1 Å². The van der Waals surface area contributed by atoms with Crippen LogP contribution in [0.25, 0.3) is 0 Å². The van der Waals surface area contributed by atoms with Gasteiger partial charge in [-0.15, -0.1) is 0 Å². The van der Waals surface area contributed by atoms with Crippen LogP contribution in [0.2, 0.25) is 16.6 Å². The molecule has 2 aromatic rings. The minimum atomic E-state index is -2.02. The molecule has 0 spiro atoms. The number of rotatable bonds is 10. The fourth-order valence-corrected chi connectivity index (χ4v) is 11.7. The summed E-state index contributed by atoms with van der Waals surface area (Å²) in [5.74, 6) is 0.839. The molecular formula is C27H39NO3SSi. The molecular weight excluding hydrogens is 446 g/mol. The van der Waals surface area contributed by atoms with E-state index in [2.05, 4.69) is 53.7 Å². The predicted octanol–water partition coefficient (Wildman–Crippen LogP) is 6.83. The van der Waals surface area contributed by atoms with Crippen LogP contribution in [0.15, 0.2) is 64.5 Å². The van der Waals surface area contributed by atoms with Crippen LogP contribution in [0, 0.1) is 6.92 Å². The first-order chi connectivity index (χ1) is 15.6. The van der Waals surface area contributed by atoms with Gasteiger partial charge in [0.25, 0.3) is 0 Å². The summed E-state index contributed by atoms with van der Waals surface area (Å²) < 4.78 is 26.2. The van der Waals surface area contributed by atoms with Crippen LogP contribution in [0.5, 0.6) is 0 Å². The van der Waals surface area contributed by atoms with Crippen molar-refractivity contribution in [1.29, 1.82) is 0 Å². The Kier molecular flexibility index (Phi) is 8.70. The van der Waals surface area contributed by atoms with Crippen LogP contribution in [-0.4, -0.2) is 36.8 Å². The van der Waals surface area contributed by atoms with Gasteiger partial charge in [-0.3, -0.25) is 4.21 Å². The molecule has 1 aliphatic rings. The molecule has 4 nitrogen and oxygen atoms in total.